The number of hydrogen-bond donors (Lipinski definition) is 4. The van der Waals surface area contributed by atoms with Gasteiger partial charge in [-0.3, -0.25) is 0 Å². The molecule has 1 aliphatic heterocycles. The van der Waals surface area contributed by atoms with Crippen molar-refractivity contribution in [3.05, 3.63) is 69.0 Å². The first-order chi connectivity index (χ1) is 14.3. The molecule has 2 aromatic rings. The predicted molar refractivity (Wildman–Crippen MR) is 110 cm³/mol. The largest absolute Gasteiger partial charge is 0.394 e. The molecule has 2 aliphatic rings. The minimum atomic E-state index is -1.41. The monoisotopic (exact) mass is 416 g/mol. The number of aliphatic hydroxyl groups is 4. The first kappa shape index (κ1) is 21.4. The van der Waals surface area contributed by atoms with E-state index >= 15 is 0 Å². The van der Waals surface area contributed by atoms with Crippen molar-refractivity contribution in [3.63, 3.8) is 0 Å². The van der Waals surface area contributed by atoms with Gasteiger partial charge in [-0.15, -0.1) is 0 Å². The lowest BCUT2D eigenvalue weighted by Gasteiger charge is -2.41. The highest BCUT2D eigenvalue weighted by molar-refractivity contribution is 5.50. The van der Waals surface area contributed by atoms with Crippen molar-refractivity contribution in [2.24, 2.45) is 0 Å². The summed E-state index contributed by atoms with van der Waals surface area (Å²) in [7, 11) is 0. The second-order valence-electron chi connectivity index (χ2n) is 8.57. The summed E-state index contributed by atoms with van der Waals surface area (Å²) in [6.07, 6.45) is -2.29. The van der Waals surface area contributed by atoms with Crippen LogP contribution in [0.15, 0.2) is 24.3 Å². The van der Waals surface area contributed by atoms with Crippen LogP contribution in [0.5, 0.6) is 0 Å². The van der Waals surface area contributed by atoms with Crippen molar-refractivity contribution >= 4 is 0 Å². The van der Waals surface area contributed by atoms with Crippen LogP contribution in [0.2, 0.25) is 0 Å². The van der Waals surface area contributed by atoms with E-state index in [1.807, 2.05) is 19.1 Å². The van der Waals surface area contributed by atoms with Crippen molar-refractivity contribution in [3.8, 4) is 0 Å². The molecular weight excluding hydrogens is 387 g/mol. The lowest BCUT2D eigenvalue weighted by molar-refractivity contribution is -0.231. The molecule has 0 aromatic heterocycles. The van der Waals surface area contributed by atoms with Crippen molar-refractivity contribution in [1.82, 2.24) is 0 Å². The number of aliphatic hydroxyl groups excluding tert-OH is 4. The Morgan fingerprint density at radius 2 is 1.73 bits per heavy atom. The van der Waals surface area contributed by atoms with Gasteiger partial charge in [-0.05, 0) is 84.5 Å². The summed E-state index contributed by atoms with van der Waals surface area (Å²) in [4.78, 5) is 0. The van der Waals surface area contributed by atoms with E-state index in [1.54, 1.807) is 13.0 Å². The van der Waals surface area contributed by atoms with Gasteiger partial charge in [-0.1, -0.05) is 18.2 Å². The Bertz CT molecular complexity index is 942. The van der Waals surface area contributed by atoms with E-state index in [0.717, 1.165) is 41.5 Å². The van der Waals surface area contributed by atoms with Crippen molar-refractivity contribution in [1.29, 1.82) is 0 Å². The molecule has 4 rings (SSSR count). The smallest absolute Gasteiger partial charge is 0.126 e. The quantitative estimate of drug-likeness (QED) is 0.613. The van der Waals surface area contributed by atoms with Crippen molar-refractivity contribution in [2.45, 2.75) is 70.1 Å². The number of aryl methyl sites for hydroxylation is 1. The molecule has 4 N–H and O–H groups in total. The summed E-state index contributed by atoms with van der Waals surface area (Å²) in [5.74, 6) is -0.227. The first-order valence-corrected chi connectivity index (χ1v) is 10.5. The third-order valence-corrected chi connectivity index (χ3v) is 6.64. The Labute approximate surface area is 175 Å². The molecule has 1 heterocycles. The van der Waals surface area contributed by atoms with Crippen LogP contribution >= 0.6 is 0 Å². The highest BCUT2D eigenvalue weighted by Crippen LogP contribution is 2.39. The molecule has 0 radical (unpaired) electrons. The molecule has 1 unspecified atom stereocenters. The summed E-state index contributed by atoms with van der Waals surface area (Å²) >= 11 is 0. The topological polar surface area (TPSA) is 90.2 Å². The number of hydrogen-bond acceptors (Lipinski definition) is 5. The SMILES string of the molecule is Cc1cc(Cc2cc([C@@H]3O[C@H](CO)C(O)[C@H](O)[C@@H]3O)c(C)c3c2CCC3)ccc1F. The zero-order valence-corrected chi connectivity index (χ0v) is 17.3. The Morgan fingerprint density at radius 1 is 1.00 bits per heavy atom. The summed E-state index contributed by atoms with van der Waals surface area (Å²) in [5.41, 5.74) is 7.02. The van der Waals surface area contributed by atoms with Gasteiger partial charge in [0, 0.05) is 0 Å². The highest BCUT2D eigenvalue weighted by atomic mass is 19.1. The maximum Gasteiger partial charge on any atom is 0.126 e. The Kier molecular flexibility index (Phi) is 5.97. The van der Waals surface area contributed by atoms with Gasteiger partial charge in [-0.25, -0.2) is 4.39 Å². The number of ether oxygens (including phenoxy) is 1. The minimum Gasteiger partial charge on any atom is -0.394 e. The van der Waals surface area contributed by atoms with Crippen molar-refractivity contribution in [2.75, 3.05) is 6.61 Å². The van der Waals surface area contributed by atoms with Crippen LogP contribution < -0.4 is 0 Å². The van der Waals surface area contributed by atoms with Gasteiger partial charge in [0.2, 0.25) is 0 Å². The Morgan fingerprint density at radius 3 is 2.43 bits per heavy atom. The van der Waals surface area contributed by atoms with Crippen LogP contribution in [-0.4, -0.2) is 51.4 Å². The molecule has 30 heavy (non-hydrogen) atoms. The van der Waals surface area contributed by atoms with E-state index in [4.69, 9.17) is 4.74 Å². The van der Waals surface area contributed by atoms with Gasteiger partial charge < -0.3 is 25.2 Å². The van der Waals surface area contributed by atoms with Gasteiger partial charge in [-0.2, -0.15) is 0 Å². The fourth-order valence-corrected chi connectivity index (χ4v) is 4.92. The van der Waals surface area contributed by atoms with Gasteiger partial charge in [0.05, 0.1) is 6.61 Å². The average Bonchev–Trinajstić information content (AvgIpc) is 3.22. The van der Waals surface area contributed by atoms with Gasteiger partial charge >= 0.3 is 0 Å². The molecule has 162 valence electrons. The number of halogens is 1. The van der Waals surface area contributed by atoms with E-state index < -0.39 is 37.1 Å². The third-order valence-electron chi connectivity index (χ3n) is 6.64. The van der Waals surface area contributed by atoms with E-state index in [-0.39, 0.29) is 5.82 Å². The number of fused-ring (bicyclic) bond motifs is 1. The van der Waals surface area contributed by atoms with Crippen LogP contribution in [0, 0.1) is 19.7 Å². The maximum atomic E-state index is 13.7. The molecule has 5 nitrogen and oxygen atoms in total. The normalized spacial score (nSPS) is 28.6. The zero-order chi connectivity index (χ0) is 21.6. The summed E-state index contributed by atoms with van der Waals surface area (Å²) < 4.78 is 19.5. The molecule has 1 aliphatic carbocycles. The minimum absolute atomic E-state index is 0.227. The summed E-state index contributed by atoms with van der Waals surface area (Å²) in [6, 6.07) is 7.13. The second kappa shape index (κ2) is 8.36. The highest BCUT2D eigenvalue weighted by Gasteiger charge is 2.44. The van der Waals surface area contributed by atoms with Crippen LogP contribution in [0.1, 0.15) is 51.5 Å². The molecule has 2 aromatic carbocycles. The summed E-state index contributed by atoms with van der Waals surface area (Å²) in [6.45, 7) is 3.29. The molecule has 0 spiro atoms. The molecular formula is C24H29FO5. The lowest BCUT2D eigenvalue weighted by Crippen LogP contribution is -2.55. The number of benzene rings is 2. The Hall–Kier alpha value is -1.83. The van der Waals surface area contributed by atoms with E-state index in [9.17, 15) is 24.8 Å². The molecule has 6 heteroatoms. The number of rotatable bonds is 4. The third kappa shape index (κ3) is 3.67. The first-order valence-electron chi connectivity index (χ1n) is 10.5. The van der Waals surface area contributed by atoms with E-state index in [2.05, 4.69) is 0 Å². The fourth-order valence-electron chi connectivity index (χ4n) is 4.92. The maximum absolute atomic E-state index is 13.7. The van der Waals surface area contributed by atoms with Crippen molar-refractivity contribution < 1.29 is 29.6 Å². The average molecular weight is 416 g/mol. The lowest BCUT2D eigenvalue weighted by atomic mass is 9.84. The predicted octanol–water partition coefficient (Wildman–Crippen LogP) is 2.04. The second-order valence-corrected chi connectivity index (χ2v) is 8.57. The zero-order valence-electron chi connectivity index (χ0n) is 17.3. The van der Waals surface area contributed by atoms with Gasteiger partial charge in [0.1, 0.15) is 36.3 Å². The molecule has 1 fully saturated rings. The van der Waals surface area contributed by atoms with Crippen LogP contribution in [-0.2, 0) is 24.0 Å². The van der Waals surface area contributed by atoms with Gasteiger partial charge in [0.25, 0.3) is 0 Å². The van der Waals surface area contributed by atoms with Crippen LogP contribution in [0.3, 0.4) is 0 Å². The molecule has 0 bridgehead atoms. The Balaban J connectivity index is 1.75. The van der Waals surface area contributed by atoms with E-state index in [0.29, 0.717) is 12.0 Å². The molecule has 1 saturated heterocycles. The summed E-state index contributed by atoms with van der Waals surface area (Å²) in [5, 5.41) is 40.5. The molecule has 0 saturated carbocycles. The standard InChI is InChI=1S/C24H29FO5/c1-12-8-14(6-7-19(12)25)9-15-10-18(13(2)16-4-3-5-17(15)16)24-23(29)22(28)21(27)20(11-26)30-24/h6-8,10,20-24,26-29H,3-5,9,11H2,1-2H3/t20-,21?,22+,23+,24+/m1/s1. The molecule has 5 atom stereocenters. The fraction of sp³-hybridized carbons (Fsp3) is 0.500. The van der Waals surface area contributed by atoms with Crippen LogP contribution in [0.4, 0.5) is 4.39 Å². The molecule has 0 amide bonds. The van der Waals surface area contributed by atoms with E-state index in [1.165, 1.54) is 17.2 Å². The van der Waals surface area contributed by atoms with Crippen LogP contribution in [0.25, 0.3) is 0 Å². The van der Waals surface area contributed by atoms with Gasteiger partial charge in [0.15, 0.2) is 0 Å².